The van der Waals surface area contributed by atoms with Crippen molar-refractivity contribution in [2.75, 3.05) is 42.8 Å². The maximum absolute atomic E-state index is 13.8. The largest absolute Gasteiger partial charge is 0.420 e. The van der Waals surface area contributed by atoms with Crippen LogP contribution in [0.1, 0.15) is 31.6 Å². The minimum absolute atomic E-state index is 0.0880. The first-order valence-electron chi connectivity index (χ1n) is 11.7. The zero-order chi connectivity index (χ0) is 24.3. The zero-order valence-electron chi connectivity index (χ0n) is 19.1. The summed E-state index contributed by atoms with van der Waals surface area (Å²) in [4.78, 5) is 9.09. The fraction of sp³-hybridized carbons (Fsp3) is 0.591. The fourth-order valence-electron chi connectivity index (χ4n) is 5.44. The quantitative estimate of drug-likeness (QED) is 0.571. The maximum atomic E-state index is 13.8. The smallest absolute Gasteiger partial charge is 0.378 e. The Morgan fingerprint density at radius 2 is 1.94 bits per heavy atom. The number of aromatic amines is 1. The third-order valence-corrected chi connectivity index (χ3v) is 7.10. The van der Waals surface area contributed by atoms with Gasteiger partial charge in [-0.2, -0.15) is 28.1 Å². The molecule has 0 aromatic carbocycles. The molecule has 13 heteroatoms. The van der Waals surface area contributed by atoms with Crippen molar-refractivity contribution in [1.29, 1.82) is 0 Å². The van der Waals surface area contributed by atoms with Gasteiger partial charge in [0.15, 0.2) is 17.6 Å². The molecule has 3 aromatic heterocycles. The lowest BCUT2D eigenvalue weighted by Gasteiger charge is -2.38. The van der Waals surface area contributed by atoms with Crippen molar-refractivity contribution in [3.63, 3.8) is 0 Å². The number of alkyl halides is 3. The topological polar surface area (TPSA) is 105 Å². The highest BCUT2D eigenvalue weighted by atomic mass is 19.4. The van der Waals surface area contributed by atoms with Gasteiger partial charge in [0.05, 0.1) is 55.8 Å². The van der Waals surface area contributed by atoms with E-state index in [-0.39, 0.29) is 29.2 Å². The summed E-state index contributed by atoms with van der Waals surface area (Å²) in [6.45, 7) is 4.50. The van der Waals surface area contributed by atoms with Gasteiger partial charge in [-0.1, -0.05) is 0 Å². The van der Waals surface area contributed by atoms with Gasteiger partial charge < -0.3 is 24.4 Å². The predicted octanol–water partition coefficient (Wildman–Crippen LogP) is 2.33. The normalized spacial score (nSPS) is 26.0. The molecule has 6 heterocycles. The SMILES string of the molecule is C[C@@H]1COCCN1c1cc(N2C3CCC2COC3)nc2c1c([C@@H](O)C(F)(F)F)nn2-c1ccn[nH]1. The number of aromatic nitrogens is 5. The van der Waals surface area contributed by atoms with Crippen LogP contribution >= 0.6 is 0 Å². The van der Waals surface area contributed by atoms with Crippen molar-refractivity contribution in [1.82, 2.24) is 25.0 Å². The number of nitrogens with one attached hydrogen (secondary N) is 1. The van der Waals surface area contributed by atoms with Crippen LogP contribution in [-0.2, 0) is 9.47 Å². The molecule has 0 saturated carbocycles. The van der Waals surface area contributed by atoms with Gasteiger partial charge in [0.25, 0.3) is 0 Å². The number of ether oxygens (including phenoxy) is 2. The van der Waals surface area contributed by atoms with Crippen molar-refractivity contribution < 1.29 is 27.8 Å². The minimum Gasteiger partial charge on any atom is -0.378 e. The highest BCUT2D eigenvalue weighted by molar-refractivity contribution is 5.95. The third-order valence-electron chi connectivity index (χ3n) is 7.10. The molecule has 10 nitrogen and oxygen atoms in total. The molecule has 188 valence electrons. The number of halogens is 3. The molecule has 3 aromatic rings. The molecule has 2 bridgehead atoms. The lowest BCUT2D eigenvalue weighted by molar-refractivity contribution is -0.207. The van der Waals surface area contributed by atoms with E-state index < -0.39 is 18.0 Å². The Kier molecular flexibility index (Phi) is 5.38. The molecule has 3 aliphatic rings. The molecule has 4 atom stereocenters. The van der Waals surface area contributed by atoms with E-state index in [1.54, 1.807) is 6.07 Å². The summed E-state index contributed by atoms with van der Waals surface area (Å²) in [6.07, 6.45) is -4.25. The number of hydrogen-bond acceptors (Lipinski definition) is 8. The first-order valence-corrected chi connectivity index (χ1v) is 11.7. The maximum Gasteiger partial charge on any atom is 0.420 e. The molecule has 3 fully saturated rings. The Labute approximate surface area is 198 Å². The molecule has 2 unspecified atom stereocenters. The molecule has 2 N–H and O–H groups in total. The van der Waals surface area contributed by atoms with Crippen molar-refractivity contribution in [2.45, 2.75) is 50.2 Å². The molecule has 3 aliphatic heterocycles. The average molecular weight is 493 g/mol. The molecule has 0 radical (unpaired) electrons. The second-order valence-electron chi connectivity index (χ2n) is 9.33. The van der Waals surface area contributed by atoms with Crippen molar-refractivity contribution in [2.24, 2.45) is 0 Å². The van der Waals surface area contributed by atoms with Gasteiger partial charge in [-0.05, 0) is 19.8 Å². The van der Waals surface area contributed by atoms with Crippen LogP contribution in [-0.4, -0.2) is 87.3 Å². The van der Waals surface area contributed by atoms with E-state index >= 15 is 0 Å². The molecule has 3 saturated heterocycles. The predicted molar refractivity (Wildman–Crippen MR) is 120 cm³/mol. The van der Waals surface area contributed by atoms with Crippen LogP contribution in [0.15, 0.2) is 18.3 Å². The van der Waals surface area contributed by atoms with E-state index in [1.807, 2.05) is 17.9 Å². The van der Waals surface area contributed by atoms with E-state index in [2.05, 4.69) is 20.2 Å². The highest BCUT2D eigenvalue weighted by Gasteiger charge is 2.44. The van der Waals surface area contributed by atoms with Crippen LogP contribution in [0, 0.1) is 0 Å². The number of pyridine rings is 1. The first-order chi connectivity index (χ1) is 16.8. The van der Waals surface area contributed by atoms with Crippen LogP contribution in [0.3, 0.4) is 0 Å². The molecule has 6 rings (SSSR count). The number of rotatable bonds is 4. The van der Waals surface area contributed by atoms with Gasteiger partial charge in [0.2, 0.25) is 0 Å². The summed E-state index contributed by atoms with van der Waals surface area (Å²) < 4.78 is 53.9. The molecule has 0 amide bonds. The van der Waals surface area contributed by atoms with E-state index in [4.69, 9.17) is 14.5 Å². The summed E-state index contributed by atoms with van der Waals surface area (Å²) in [5.74, 6) is 1.02. The second kappa shape index (κ2) is 8.35. The van der Waals surface area contributed by atoms with Gasteiger partial charge >= 0.3 is 6.18 Å². The van der Waals surface area contributed by atoms with E-state index in [0.717, 1.165) is 12.8 Å². The van der Waals surface area contributed by atoms with E-state index in [9.17, 15) is 18.3 Å². The number of hydrogen-bond donors (Lipinski definition) is 2. The van der Waals surface area contributed by atoms with E-state index in [0.29, 0.717) is 50.3 Å². The Morgan fingerprint density at radius 1 is 1.17 bits per heavy atom. The number of fused-ring (bicyclic) bond motifs is 3. The van der Waals surface area contributed by atoms with Gasteiger partial charge in [-0.15, -0.1) is 0 Å². The third kappa shape index (κ3) is 3.72. The van der Waals surface area contributed by atoms with Gasteiger partial charge in [0.1, 0.15) is 11.5 Å². The van der Waals surface area contributed by atoms with Crippen LogP contribution < -0.4 is 9.80 Å². The van der Waals surface area contributed by atoms with Gasteiger partial charge in [-0.3, -0.25) is 5.10 Å². The summed E-state index contributed by atoms with van der Waals surface area (Å²) in [5, 5.41) is 21.4. The minimum atomic E-state index is -4.89. The number of H-pyrrole nitrogens is 1. The first kappa shape index (κ1) is 22.6. The van der Waals surface area contributed by atoms with Crippen LogP contribution in [0.2, 0.25) is 0 Å². The zero-order valence-corrected chi connectivity index (χ0v) is 19.1. The Hall–Kier alpha value is -2.90. The average Bonchev–Trinajstić information content (AvgIpc) is 3.54. The van der Waals surface area contributed by atoms with Crippen molar-refractivity contribution in [3.05, 3.63) is 24.0 Å². The van der Waals surface area contributed by atoms with Crippen molar-refractivity contribution in [3.8, 4) is 5.82 Å². The summed E-state index contributed by atoms with van der Waals surface area (Å²) in [5.41, 5.74) is 0.292. The second-order valence-corrected chi connectivity index (χ2v) is 9.33. The monoisotopic (exact) mass is 493 g/mol. The molecule has 0 spiro atoms. The highest BCUT2D eigenvalue weighted by Crippen LogP contribution is 2.43. The lowest BCUT2D eigenvalue weighted by Crippen LogP contribution is -2.47. The number of anilines is 2. The summed E-state index contributed by atoms with van der Waals surface area (Å²) >= 11 is 0. The molecule has 35 heavy (non-hydrogen) atoms. The Morgan fingerprint density at radius 3 is 2.60 bits per heavy atom. The van der Waals surface area contributed by atoms with Crippen molar-refractivity contribution >= 4 is 22.5 Å². The van der Waals surface area contributed by atoms with Gasteiger partial charge in [-0.25, -0.2) is 4.98 Å². The number of nitrogens with zero attached hydrogens (tertiary/aromatic N) is 6. The fourth-order valence-corrected chi connectivity index (χ4v) is 5.44. The number of morpholine rings is 2. The molecular formula is C22H26F3N7O3. The standard InChI is InChI=1S/C22H26F3N7O3/c1-12-9-34-7-6-30(12)15-8-17(31-13-2-3-14(31)11-35-10-13)27-21-18(15)19(20(33)22(23,24)25)29-32(21)16-4-5-26-28-16/h4-5,8,12-14,20,33H,2-3,6-7,9-11H2,1H3,(H,26,28)/t12-,13?,14?,20-/m1/s1. The van der Waals surface area contributed by atoms with Gasteiger partial charge in [0, 0.05) is 24.7 Å². The summed E-state index contributed by atoms with van der Waals surface area (Å²) in [6, 6.07) is 3.65. The summed E-state index contributed by atoms with van der Waals surface area (Å²) in [7, 11) is 0. The van der Waals surface area contributed by atoms with Crippen LogP contribution in [0.5, 0.6) is 0 Å². The molecule has 0 aliphatic carbocycles. The molecular weight excluding hydrogens is 467 g/mol. The Balaban J connectivity index is 1.62. The van der Waals surface area contributed by atoms with Crippen LogP contribution in [0.25, 0.3) is 16.9 Å². The Bertz CT molecular complexity index is 1200. The number of aliphatic hydroxyl groups is 1. The lowest BCUT2D eigenvalue weighted by atomic mass is 10.1. The number of aliphatic hydroxyl groups excluding tert-OH is 1. The van der Waals surface area contributed by atoms with E-state index in [1.165, 1.54) is 10.9 Å². The van der Waals surface area contributed by atoms with Crippen LogP contribution in [0.4, 0.5) is 24.7 Å².